The first kappa shape index (κ1) is 22.0. The van der Waals surface area contributed by atoms with E-state index in [9.17, 15) is 9.59 Å². The van der Waals surface area contributed by atoms with Crippen LogP contribution in [0.25, 0.3) is 0 Å². The van der Waals surface area contributed by atoms with E-state index in [-0.39, 0.29) is 30.3 Å². The summed E-state index contributed by atoms with van der Waals surface area (Å²) >= 11 is 0. The molecular weight excluding hydrogens is 340 g/mol. The second-order valence-corrected chi connectivity index (χ2v) is 7.69. The Morgan fingerprint density at radius 1 is 1.08 bits per heavy atom. The smallest absolute Gasteiger partial charge is 0.317 e. The van der Waals surface area contributed by atoms with Crippen molar-refractivity contribution in [1.29, 1.82) is 0 Å². The largest absolute Gasteiger partial charge is 0.342 e. The third-order valence-electron chi connectivity index (χ3n) is 5.14. The highest BCUT2D eigenvalue weighted by atomic mass is 35.5. The van der Waals surface area contributed by atoms with E-state index in [1.807, 2.05) is 16.8 Å². The fourth-order valence-electron chi connectivity index (χ4n) is 3.67. The number of carbonyl (C=O) groups is 2. The lowest BCUT2D eigenvalue weighted by Gasteiger charge is -2.38. The van der Waals surface area contributed by atoms with Crippen LogP contribution in [0.15, 0.2) is 0 Å². The summed E-state index contributed by atoms with van der Waals surface area (Å²) in [7, 11) is 1.98. The number of amides is 3. The highest BCUT2D eigenvalue weighted by molar-refractivity contribution is 5.85. The number of urea groups is 1. The average Bonchev–Trinajstić information content (AvgIpc) is 2.60. The minimum absolute atomic E-state index is 0. The SMILES string of the molecule is CNCC1CCN(C(=O)C2CCCN(C(=O)NCC(C)C)C2)CC1.Cl. The molecule has 146 valence electrons. The van der Waals surface area contributed by atoms with Crippen LogP contribution >= 0.6 is 12.4 Å². The Balaban J connectivity index is 0.00000312. The molecule has 2 saturated heterocycles. The molecule has 0 aromatic carbocycles. The molecular formula is C18H35ClN4O2. The van der Waals surface area contributed by atoms with Gasteiger partial charge in [-0.1, -0.05) is 13.8 Å². The molecule has 6 nitrogen and oxygen atoms in total. The maximum atomic E-state index is 12.8. The van der Waals surface area contributed by atoms with Crippen molar-refractivity contribution in [3.05, 3.63) is 0 Å². The van der Waals surface area contributed by atoms with Gasteiger partial charge in [0.1, 0.15) is 0 Å². The van der Waals surface area contributed by atoms with Crippen molar-refractivity contribution < 1.29 is 9.59 Å². The van der Waals surface area contributed by atoms with Crippen molar-refractivity contribution in [3.8, 4) is 0 Å². The lowest BCUT2D eigenvalue weighted by molar-refractivity contribution is -0.138. The molecule has 2 aliphatic heterocycles. The van der Waals surface area contributed by atoms with Gasteiger partial charge in [-0.25, -0.2) is 4.79 Å². The van der Waals surface area contributed by atoms with Crippen LogP contribution in [0.5, 0.6) is 0 Å². The van der Waals surface area contributed by atoms with Gasteiger partial charge in [0.05, 0.1) is 5.92 Å². The molecule has 25 heavy (non-hydrogen) atoms. The first-order chi connectivity index (χ1) is 11.5. The van der Waals surface area contributed by atoms with Crippen LogP contribution < -0.4 is 10.6 Å². The van der Waals surface area contributed by atoms with Crippen LogP contribution in [0.1, 0.15) is 39.5 Å². The second-order valence-electron chi connectivity index (χ2n) is 7.69. The van der Waals surface area contributed by atoms with Crippen molar-refractivity contribution in [3.63, 3.8) is 0 Å². The third-order valence-corrected chi connectivity index (χ3v) is 5.14. The van der Waals surface area contributed by atoms with Gasteiger partial charge in [0.15, 0.2) is 0 Å². The van der Waals surface area contributed by atoms with Crippen molar-refractivity contribution in [2.45, 2.75) is 39.5 Å². The molecule has 2 fully saturated rings. The molecule has 0 aromatic rings. The van der Waals surface area contributed by atoms with Crippen LogP contribution in [0.2, 0.25) is 0 Å². The van der Waals surface area contributed by atoms with E-state index in [4.69, 9.17) is 0 Å². The monoisotopic (exact) mass is 374 g/mol. The normalized spacial score (nSPS) is 21.8. The van der Waals surface area contributed by atoms with Gasteiger partial charge in [0.2, 0.25) is 5.91 Å². The molecule has 2 rings (SSSR count). The molecule has 1 unspecified atom stereocenters. The maximum absolute atomic E-state index is 12.8. The summed E-state index contributed by atoms with van der Waals surface area (Å²) in [6, 6.07) is -0.0195. The van der Waals surface area contributed by atoms with Gasteiger partial charge in [-0.05, 0) is 51.1 Å². The first-order valence-electron chi connectivity index (χ1n) is 9.47. The number of hydrogen-bond donors (Lipinski definition) is 2. The van der Waals surface area contributed by atoms with Gasteiger partial charge < -0.3 is 20.4 Å². The van der Waals surface area contributed by atoms with Crippen molar-refractivity contribution >= 4 is 24.3 Å². The van der Waals surface area contributed by atoms with Crippen LogP contribution in [0.4, 0.5) is 4.79 Å². The molecule has 2 aliphatic rings. The van der Waals surface area contributed by atoms with Crippen molar-refractivity contribution in [2.75, 3.05) is 46.3 Å². The summed E-state index contributed by atoms with van der Waals surface area (Å²) in [5.74, 6) is 1.35. The lowest BCUT2D eigenvalue weighted by atomic mass is 9.93. The van der Waals surface area contributed by atoms with E-state index in [1.54, 1.807) is 0 Å². The van der Waals surface area contributed by atoms with E-state index in [0.717, 1.165) is 51.9 Å². The predicted octanol–water partition coefficient (Wildman–Crippen LogP) is 1.94. The van der Waals surface area contributed by atoms with E-state index < -0.39 is 0 Å². The quantitative estimate of drug-likeness (QED) is 0.773. The number of likely N-dealkylation sites (tertiary alicyclic amines) is 2. The summed E-state index contributed by atoms with van der Waals surface area (Å²) < 4.78 is 0. The second kappa shape index (κ2) is 10.9. The van der Waals surface area contributed by atoms with Gasteiger partial charge in [-0.2, -0.15) is 0 Å². The van der Waals surface area contributed by atoms with E-state index in [1.165, 1.54) is 0 Å². The highest BCUT2D eigenvalue weighted by Crippen LogP contribution is 2.23. The zero-order valence-corrected chi connectivity index (χ0v) is 16.7. The predicted molar refractivity (Wildman–Crippen MR) is 103 cm³/mol. The number of nitrogens with one attached hydrogen (secondary N) is 2. The number of halogens is 1. The molecule has 2 heterocycles. The summed E-state index contributed by atoms with van der Waals surface area (Å²) in [4.78, 5) is 28.9. The van der Waals surface area contributed by atoms with E-state index >= 15 is 0 Å². The van der Waals surface area contributed by atoms with Gasteiger partial charge >= 0.3 is 6.03 Å². The minimum atomic E-state index is -0.0237. The fourth-order valence-corrected chi connectivity index (χ4v) is 3.67. The number of carbonyl (C=O) groups excluding carboxylic acids is 2. The number of rotatable bonds is 5. The Hall–Kier alpha value is -1.01. The van der Waals surface area contributed by atoms with E-state index in [2.05, 4.69) is 24.5 Å². The zero-order chi connectivity index (χ0) is 17.5. The van der Waals surface area contributed by atoms with Gasteiger partial charge in [-0.15, -0.1) is 12.4 Å². The molecule has 0 aliphatic carbocycles. The van der Waals surface area contributed by atoms with Crippen LogP contribution in [0, 0.1) is 17.8 Å². The molecule has 7 heteroatoms. The first-order valence-corrected chi connectivity index (χ1v) is 9.47. The Morgan fingerprint density at radius 2 is 1.76 bits per heavy atom. The number of nitrogens with zero attached hydrogens (tertiary/aromatic N) is 2. The Labute approximate surface area is 158 Å². The van der Waals surface area contributed by atoms with Crippen molar-refractivity contribution in [2.24, 2.45) is 17.8 Å². The maximum Gasteiger partial charge on any atom is 0.317 e. The van der Waals surface area contributed by atoms with Gasteiger partial charge in [-0.3, -0.25) is 4.79 Å². The van der Waals surface area contributed by atoms with Crippen LogP contribution in [-0.2, 0) is 4.79 Å². The lowest BCUT2D eigenvalue weighted by Crippen LogP contribution is -2.51. The molecule has 0 spiro atoms. The molecule has 1 atom stereocenters. The van der Waals surface area contributed by atoms with Crippen LogP contribution in [-0.4, -0.2) is 68.1 Å². The van der Waals surface area contributed by atoms with Gasteiger partial charge in [0, 0.05) is 32.7 Å². The molecule has 0 bridgehead atoms. The Morgan fingerprint density at radius 3 is 2.36 bits per heavy atom. The van der Waals surface area contributed by atoms with Crippen LogP contribution in [0.3, 0.4) is 0 Å². The molecule has 0 saturated carbocycles. The Kier molecular flexibility index (Phi) is 9.57. The van der Waals surface area contributed by atoms with Crippen molar-refractivity contribution in [1.82, 2.24) is 20.4 Å². The summed E-state index contributed by atoms with van der Waals surface area (Å²) in [6.07, 6.45) is 3.99. The molecule has 3 amide bonds. The van der Waals surface area contributed by atoms with E-state index in [0.29, 0.717) is 24.9 Å². The molecule has 0 radical (unpaired) electrons. The standard InChI is InChI=1S/C18H34N4O2.ClH/c1-14(2)11-20-18(24)22-8-4-5-16(13-22)17(23)21-9-6-15(7-10-21)12-19-3;/h14-16,19H,4-13H2,1-3H3,(H,20,24);1H. The summed E-state index contributed by atoms with van der Waals surface area (Å²) in [6.45, 7) is 8.95. The summed E-state index contributed by atoms with van der Waals surface area (Å²) in [5.41, 5.74) is 0. The highest BCUT2D eigenvalue weighted by Gasteiger charge is 2.32. The van der Waals surface area contributed by atoms with Gasteiger partial charge in [0.25, 0.3) is 0 Å². The Bertz CT molecular complexity index is 425. The molecule has 2 N–H and O–H groups in total. The fraction of sp³-hybridized carbons (Fsp3) is 0.889. The number of piperidine rings is 2. The minimum Gasteiger partial charge on any atom is -0.342 e. The average molecular weight is 375 g/mol. The zero-order valence-electron chi connectivity index (χ0n) is 15.9. The number of hydrogen-bond acceptors (Lipinski definition) is 3. The topological polar surface area (TPSA) is 64.7 Å². The third kappa shape index (κ3) is 6.66. The summed E-state index contributed by atoms with van der Waals surface area (Å²) in [5, 5.41) is 6.19. The molecule has 0 aromatic heterocycles.